The Morgan fingerprint density at radius 2 is 1.81 bits per heavy atom. The van der Waals surface area contributed by atoms with Gasteiger partial charge in [-0.25, -0.2) is 4.98 Å². The molecule has 1 aromatic carbocycles. The van der Waals surface area contributed by atoms with Crippen LogP contribution in [-0.2, 0) is 9.31 Å². The predicted octanol–water partition coefficient (Wildman–Crippen LogP) is 2.93. The van der Waals surface area contributed by atoms with Crippen LogP contribution in [0.4, 0.5) is 0 Å². The molecule has 110 valence electrons. The van der Waals surface area contributed by atoms with Crippen molar-refractivity contribution in [2.24, 2.45) is 0 Å². The van der Waals surface area contributed by atoms with E-state index in [1.807, 2.05) is 29.0 Å². The van der Waals surface area contributed by atoms with Crippen LogP contribution in [0.15, 0.2) is 41.4 Å². The van der Waals surface area contributed by atoms with Crippen LogP contribution < -0.4 is 5.46 Å². The van der Waals surface area contributed by atoms with Crippen LogP contribution >= 0.6 is 15.9 Å². The lowest BCUT2D eigenvalue weighted by Gasteiger charge is -2.32. The Hall–Kier alpha value is -1.11. The lowest BCUT2D eigenvalue weighted by atomic mass is 9.79. The first kappa shape index (κ1) is 14.8. The Balaban J connectivity index is 1.91. The number of rotatable bonds is 2. The number of aromatic nitrogens is 2. The van der Waals surface area contributed by atoms with Crippen LogP contribution in [0.2, 0.25) is 0 Å². The summed E-state index contributed by atoms with van der Waals surface area (Å²) in [5.74, 6) is 0. The molecule has 0 radical (unpaired) electrons. The van der Waals surface area contributed by atoms with Gasteiger partial charge >= 0.3 is 7.12 Å². The first-order valence-electron chi connectivity index (χ1n) is 6.94. The van der Waals surface area contributed by atoms with Crippen molar-refractivity contribution in [3.63, 3.8) is 0 Å². The molecule has 0 aliphatic carbocycles. The van der Waals surface area contributed by atoms with Crippen LogP contribution in [0.1, 0.15) is 27.7 Å². The van der Waals surface area contributed by atoms with E-state index in [0.717, 1.165) is 15.8 Å². The third kappa shape index (κ3) is 2.68. The summed E-state index contributed by atoms with van der Waals surface area (Å²) >= 11 is 3.36. The molecule has 2 aromatic rings. The molecule has 1 aromatic heterocycles. The predicted molar refractivity (Wildman–Crippen MR) is 87.0 cm³/mol. The summed E-state index contributed by atoms with van der Waals surface area (Å²) < 4.78 is 14.9. The van der Waals surface area contributed by atoms with Crippen LogP contribution in [0, 0.1) is 0 Å². The summed E-state index contributed by atoms with van der Waals surface area (Å²) in [6, 6.07) is 8.13. The third-order valence-electron chi connectivity index (χ3n) is 4.24. The van der Waals surface area contributed by atoms with E-state index >= 15 is 0 Å². The van der Waals surface area contributed by atoms with Gasteiger partial charge in [-0.05, 0) is 61.2 Å². The van der Waals surface area contributed by atoms with Gasteiger partial charge in [-0.15, -0.1) is 0 Å². The lowest BCUT2D eigenvalue weighted by Crippen LogP contribution is -2.41. The minimum atomic E-state index is -0.345. The number of imidazole rings is 1. The average Bonchev–Trinajstić information content (AvgIpc) is 2.92. The molecule has 21 heavy (non-hydrogen) atoms. The van der Waals surface area contributed by atoms with Crippen molar-refractivity contribution in [1.82, 2.24) is 9.55 Å². The normalized spacial score (nSPS) is 20.0. The minimum Gasteiger partial charge on any atom is -0.399 e. The quantitative estimate of drug-likeness (QED) is 0.783. The molecular formula is C15H18BBrN2O2. The minimum absolute atomic E-state index is 0.328. The third-order valence-corrected chi connectivity index (χ3v) is 4.65. The first-order chi connectivity index (χ1) is 9.78. The molecule has 4 nitrogen and oxygen atoms in total. The van der Waals surface area contributed by atoms with Crippen molar-refractivity contribution in [2.45, 2.75) is 38.9 Å². The van der Waals surface area contributed by atoms with Gasteiger partial charge in [0.1, 0.15) is 10.9 Å². The molecule has 0 atom stereocenters. The SMILES string of the molecule is CC1(C)OB(c2cccc(-n3cnc(Br)c3)c2)OC1(C)C. The van der Waals surface area contributed by atoms with E-state index in [0.29, 0.717) is 0 Å². The molecule has 1 fully saturated rings. The maximum atomic E-state index is 6.09. The van der Waals surface area contributed by atoms with E-state index in [4.69, 9.17) is 9.31 Å². The Morgan fingerprint density at radius 1 is 1.14 bits per heavy atom. The highest BCUT2D eigenvalue weighted by molar-refractivity contribution is 9.10. The van der Waals surface area contributed by atoms with Gasteiger partial charge in [-0.1, -0.05) is 12.1 Å². The van der Waals surface area contributed by atoms with Crippen molar-refractivity contribution in [3.8, 4) is 5.69 Å². The summed E-state index contributed by atoms with van der Waals surface area (Å²) in [4.78, 5) is 4.18. The van der Waals surface area contributed by atoms with Gasteiger partial charge in [0.05, 0.1) is 11.2 Å². The van der Waals surface area contributed by atoms with E-state index < -0.39 is 0 Å². The second-order valence-electron chi connectivity index (χ2n) is 6.29. The fraction of sp³-hybridized carbons (Fsp3) is 0.400. The van der Waals surface area contributed by atoms with Crippen molar-refractivity contribution < 1.29 is 9.31 Å². The summed E-state index contributed by atoms with van der Waals surface area (Å²) in [6.45, 7) is 8.24. The van der Waals surface area contributed by atoms with Gasteiger partial charge < -0.3 is 13.9 Å². The summed E-state index contributed by atoms with van der Waals surface area (Å²) in [7, 11) is -0.345. The molecule has 0 bridgehead atoms. The van der Waals surface area contributed by atoms with Crippen molar-refractivity contribution >= 4 is 28.5 Å². The zero-order valence-electron chi connectivity index (χ0n) is 12.6. The first-order valence-corrected chi connectivity index (χ1v) is 7.73. The van der Waals surface area contributed by atoms with Crippen LogP contribution in [0.5, 0.6) is 0 Å². The van der Waals surface area contributed by atoms with Gasteiger partial charge in [-0.3, -0.25) is 0 Å². The van der Waals surface area contributed by atoms with Crippen molar-refractivity contribution in [3.05, 3.63) is 41.4 Å². The summed E-state index contributed by atoms with van der Waals surface area (Å²) in [6.07, 6.45) is 3.69. The molecular weight excluding hydrogens is 331 g/mol. The number of benzene rings is 1. The van der Waals surface area contributed by atoms with Crippen LogP contribution in [0.25, 0.3) is 5.69 Å². The molecule has 1 aliphatic heterocycles. The molecule has 3 rings (SSSR count). The number of nitrogens with zero attached hydrogens (tertiary/aromatic N) is 2. The highest BCUT2D eigenvalue weighted by atomic mass is 79.9. The zero-order valence-corrected chi connectivity index (χ0v) is 14.2. The average molecular weight is 349 g/mol. The lowest BCUT2D eigenvalue weighted by molar-refractivity contribution is 0.00578. The molecule has 0 saturated carbocycles. The fourth-order valence-electron chi connectivity index (χ4n) is 2.25. The van der Waals surface area contributed by atoms with Gasteiger partial charge in [0.15, 0.2) is 0 Å². The molecule has 0 unspecified atom stereocenters. The highest BCUT2D eigenvalue weighted by Gasteiger charge is 2.51. The molecule has 0 spiro atoms. The van der Waals surface area contributed by atoms with E-state index in [2.05, 4.69) is 54.7 Å². The monoisotopic (exact) mass is 348 g/mol. The van der Waals surface area contributed by atoms with Gasteiger partial charge in [0.2, 0.25) is 0 Å². The van der Waals surface area contributed by atoms with E-state index in [9.17, 15) is 0 Å². The number of halogens is 1. The van der Waals surface area contributed by atoms with E-state index in [1.54, 1.807) is 6.33 Å². The molecule has 1 aliphatic rings. The van der Waals surface area contributed by atoms with E-state index in [-0.39, 0.29) is 18.3 Å². The van der Waals surface area contributed by atoms with Crippen LogP contribution in [0.3, 0.4) is 0 Å². The maximum Gasteiger partial charge on any atom is 0.494 e. The van der Waals surface area contributed by atoms with Crippen LogP contribution in [-0.4, -0.2) is 27.9 Å². The van der Waals surface area contributed by atoms with Crippen molar-refractivity contribution in [2.75, 3.05) is 0 Å². The Bertz CT molecular complexity index is 653. The highest BCUT2D eigenvalue weighted by Crippen LogP contribution is 2.36. The molecule has 0 N–H and O–H groups in total. The molecule has 6 heteroatoms. The second-order valence-corrected chi connectivity index (χ2v) is 7.10. The number of hydrogen-bond donors (Lipinski definition) is 0. The molecule has 2 heterocycles. The van der Waals surface area contributed by atoms with Gasteiger partial charge in [0.25, 0.3) is 0 Å². The Morgan fingerprint density at radius 3 is 2.38 bits per heavy atom. The van der Waals surface area contributed by atoms with Gasteiger partial charge in [0, 0.05) is 11.9 Å². The van der Waals surface area contributed by atoms with E-state index in [1.165, 1.54) is 0 Å². The summed E-state index contributed by atoms with van der Waals surface area (Å²) in [5.41, 5.74) is 1.38. The fourth-order valence-corrected chi connectivity index (χ4v) is 2.56. The van der Waals surface area contributed by atoms with Crippen molar-refractivity contribution in [1.29, 1.82) is 0 Å². The topological polar surface area (TPSA) is 36.3 Å². The Labute approximate surface area is 133 Å². The standard InChI is InChI=1S/C15H18BBrN2O2/c1-14(2)15(3,4)21-16(20-14)11-6-5-7-12(8-11)19-9-13(17)18-10-19/h5-10H,1-4H3. The van der Waals surface area contributed by atoms with Gasteiger partial charge in [-0.2, -0.15) is 0 Å². The maximum absolute atomic E-state index is 6.09. The second kappa shape index (κ2) is 4.97. The largest absolute Gasteiger partial charge is 0.494 e. The molecule has 1 saturated heterocycles. The summed E-state index contributed by atoms with van der Waals surface area (Å²) in [5, 5.41) is 0. The molecule has 0 amide bonds. The Kier molecular flexibility index (Phi) is 3.51. The zero-order chi connectivity index (χ0) is 15.3. The smallest absolute Gasteiger partial charge is 0.399 e. The number of hydrogen-bond acceptors (Lipinski definition) is 3.